The van der Waals surface area contributed by atoms with Crippen LogP contribution in [-0.2, 0) is 0 Å². The molecule has 1 unspecified atom stereocenters. The van der Waals surface area contributed by atoms with Crippen LogP contribution in [0.25, 0.3) is 10.9 Å². The summed E-state index contributed by atoms with van der Waals surface area (Å²) in [5.74, 6) is -1.52. The number of aromatic nitrogens is 1. The summed E-state index contributed by atoms with van der Waals surface area (Å²) in [6.07, 6.45) is -1.35. The van der Waals surface area contributed by atoms with Gasteiger partial charge in [0, 0.05) is 11.1 Å². The van der Waals surface area contributed by atoms with Gasteiger partial charge in [0.05, 0.1) is 11.1 Å². The number of aryl methyl sites for hydroxylation is 1. The van der Waals surface area contributed by atoms with Gasteiger partial charge in [0.25, 0.3) is 0 Å². The Morgan fingerprint density at radius 2 is 1.71 bits per heavy atom. The third-order valence-corrected chi connectivity index (χ3v) is 3.44. The average molecular weight is 285 g/mol. The van der Waals surface area contributed by atoms with Crippen LogP contribution in [0.3, 0.4) is 0 Å². The molecular weight excluding hydrogens is 272 g/mol. The molecule has 4 heteroatoms. The average Bonchev–Trinajstić information content (AvgIpc) is 2.46. The summed E-state index contributed by atoms with van der Waals surface area (Å²) < 4.78 is 27.5. The first kappa shape index (κ1) is 13.6. The second kappa shape index (κ2) is 5.22. The largest absolute Gasteiger partial charge is 0.383 e. The normalized spacial score (nSPS) is 12.6. The molecule has 2 nitrogen and oxygen atoms in total. The van der Waals surface area contributed by atoms with Crippen molar-refractivity contribution in [3.8, 4) is 0 Å². The smallest absolute Gasteiger partial charge is 0.132 e. The minimum absolute atomic E-state index is 0.336. The Labute approximate surface area is 120 Å². The van der Waals surface area contributed by atoms with E-state index in [0.29, 0.717) is 5.56 Å². The zero-order chi connectivity index (χ0) is 15.0. The van der Waals surface area contributed by atoms with Crippen LogP contribution in [0.1, 0.15) is 22.9 Å². The van der Waals surface area contributed by atoms with E-state index < -0.39 is 17.7 Å². The number of nitrogens with zero attached hydrogens (tertiary/aromatic N) is 1. The maximum atomic E-state index is 13.7. The minimum atomic E-state index is -1.35. The Bertz CT molecular complexity index is 797. The maximum Gasteiger partial charge on any atom is 0.132 e. The van der Waals surface area contributed by atoms with Crippen LogP contribution >= 0.6 is 0 Å². The van der Waals surface area contributed by atoms with E-state index in [9.17, 15) is 13.9 Å². The number of fused-ring (bicyclic) bond motifs is 1. The van der Waals surface area contributed by atoms with E-state index in [2.05, 4.69) is 4.98 Å². The van der Waals surface area contributed by atoms with Crippen molar-refractivity contribution in [2.75, 3.05) is 0 Å². The Hall–Kier alpha value is -2.33. The molecule has 3 aromatic rings. The van der Waals surface area contributed by atoms with E-state index in [1.807, 2.05) is 19.1 Å². The number of pyridine rings is 1. The van der Waals surface area contributed by atoms with Crippen molar-refractivity contribution >= 4 is 10.9 Å². The number of hydrogen-bond donors (Lipinski definition) is 1. The molecule has 1 aromatic heterocycles. The van der Waals surface area contributed by atoms with Crippen LogP contribution in [-0.4, -0.2) is 10.1 Å². The van der Waals surface area contributed by atoms with Gasteiger partial charge in [-0.1, -0.05) is 18.2 Å². The number of rotatable bonds is 2. The van der Waals surface area contributed by atoms with E-state index in [-0.39, 0.29) is 5.56 Å². The van der Waals surface area contributed by atoms with Crippen LogP contribution in [0.4, 0.5) is 8.78 Å². The molecule has 1 heterocycles. The van der Waals surface area contributed by atoms with E-state index in [1.54, 1.807) is 18.2 Å². The monoisotopic (exact) mass is 285 g/mol. The molecule has 0 radical (unpaired) electrons. The fourth-order valence-corrected chi connectivity index (χ4v) is 2.35. The van der Waals surface area contributed by atoms with Crippen molar-refractivity contribution in [3.05, 3.63) is 77.0 Å². The quantitative estimate of drug-likeness (QED) is 0.774. The lowest BCUT2D eigenvalue weighted by molar-refractivity contribution is 0.209. The lowest BCUT2D eigenvalue weighted by atomic mass is 9.99. The topological polar surface area (TPSA) is 33.1 Å². The van der Waals surface area contributed by atoms with Crippen molar-refractivity contribution in [2.24, 2.45) is 0 Å². The van der Waals surface area contributed by atoms with Gasteiger partial charge in [0.1, 0.15) is 17.7 Å². The summed E-state index contributed by atoms with van der Waals surface area (Å²) in [4.78, 5) is 4.35. The Morgan fingerprint density at radius 3 is 2.43 bits per heavy atom. The standard InChI is InChI=1S/C17H13F2NO/c1-10-5-6-11-9-12(7-8-15(11)20-10)17(21)16-13(18)3-2-4-14(16)19/h2-9,17,21H,1H3. The number of aliphatic hydroxyl groups excluding tert-OH is 1. The molecule has 0 fully saturated rings. The van der Waals surface area contributed by atoms with Gasteiger partial charge in [-0.05, 0) is 42.8 Å². The lowest BCUT2D eigenvalue weighted by Crippen LogP contribution is -2.05. The van der Waals surface area contributed by atoms with E-state index in [0.717, 1.165) is 28.7 Å². The number of benzene rings is 2. The Kier molecular flexibility index (Phi) is 3.39. The van der Waals surface area contributed by atoms with Gasteiger partial charge in [-0.25, -0.2) is 8.78 Å². The van der Waals surface area contributed by atoms with Crippen LogP contribution < -0.4 is 0 Å². The van der Waals surface area contributed by atoms with Crippen molar-refractivity contribution in [1.29, 1.82) is 0 Å². The molecule has 0 saturated carbocycles. The SMILES string of the molecule is Cc1ccc2cc(C(O)c3c(F)cccc3F)ccc2n1. The van der Waals surface area contributed by atoms with Gasteiger partial charge in [-0.2, -0.15) is 0 Å². The van der Waals surface area contributed by atoms with Crippen molar-refractivity contribution in [3.63, 3.8) is 0 Å². The summed E-state index contributed by atoms with van der Waals surface area (Å²) in [6.45, 7) is 1.89. The second-order valence-electron chi connectivity index (χ2n) is 4.94. The molecule has 1 N–H and O–H groups in total. The summed E-state index contributed by atoms with van der Waals surface area (Å²) in [7, 11) is 0. The number of halogens is 2. The molecule has 0 aliphatic rings. The summed E-state index contributed by atoms with van der Waals surface area (Å²) >= 11 is 0. The molecule has 3 rings (SSSR count). The first-order chi connectivity index (χ1) is 10.1. The van der Waals surface area contributed by atoms with Gasteiger partial charge in [-0.3, -0.25) is 4.98 Å². The van der Waals surface area contributed by atoms with Gasteiger partial charge < -0.3 is 5.11 Å². The highest BCUT2D eigenvalue weighted by Crippen LogP contribution is 2.28. The number of hydrogen-bond acceptors (Lipinski definition) is 2. The first-order valence-corrected chi connectivity index (χ1v) is 6.55. The highest BCUT2D eigenvalue weighted by Gasteiger charge is 2.19. The zero-order valence-electron chi connectivity index (χ0n) is 11.3. The maximum absolute atomic E-state index is 13.7. The van der Waals surface area contributed by atoms with Crippen molar-refractivity contribution < 1.29 is 13.9 Å². The van der Waals surface area contributed by atoms with Crippen molar-refractivity contribution in [1.82, 2.24) is 4.98 Å². The van der Waals surface area contributed by atoms with E-state index in [4.69, 9.17) is 0 Å². The van der Waals surface area contributed by atoms with E-state index >= 15 is 0 Å². The van der Waals surface area contributed by atoms with Crippen LogP contribution in [0.15, 0.2) is 48.5 Å². The molecule has 21 heavy (non-hydrogen) atoms. The molecule has 0 saturated heterocycles. The highest BCUT2D eigenvalue weighted by molar-refractivity contribution is 5.79. The molecule has 0 bridgehead atoms. The van der Waals surface area contributed by atoms with Crippen LogP contribution in [0, 0.1) is 18.6 Å². The third kappa shape index (κ3) is 2.50. The minimum Gasteiger partial charge on any atom is -0.383 e. The van der Waals surface area contributed by atoms with E-state index in [1.165, 1.54) is 6.07 Å². The van der Waals surface area contributed by atoms with Gasteiger partial charge in [0.2, 0.25) is 0 Å². The van der Waals surface area contributed by atoms with Crippen molar-refractivity contribution in [2.45, 2.75) is 13.0 Å². The molecule has 0 spiro atoms. The number of aliphatic hydroxyl groups is 1. The highest BCUT2D eigenvalue weighted by atomic mass is 19.1. The molecule has 2 aromatic carbocycles. The predicted octanol–water partition coefficient (Wildman–Crippen LogP) is 3.90. The molecule has 0 amide bonds. The Balaban J connectivity index is 2.09. The fourth-order valence-electron chi connectivity index (χ4n) is 2.35. The van der Waals surface area contributed by atoms with Crippen LogP contribution in [0.5, 0.6) is 0 Å². The zero-order valence-corrected chi connectivity index (χ0v) is 11.3. The third-order valence-electron chi connectivity index (χ3n) is 3.44. The molecule has 106 valence electrons. The fraction of sp³-hybridized carbons (Fsp3) is 0.118. The van der Waals surface area contributed by atoms with Crippen LogP contribution in [0.2, 0.25) is 0 Å². The first-order valence-electron chi connectivity index (χ1n) is 6.55. The lowest BCUT2D eigenvalue weighted by Gasteiger charge is -2.14. The summed E-state index contributed by atoms with van der Waals surface area (Å²) in [6, 6.07) is 12.3. The summed E-state index contributed by atoms with van der Waals surface area (Å²) in [5.41, 5.74) is 1.75. The molecular formula is C17H13F2NO. The molecule has 0 aliphatic carbocycles. The van der Waals surface area contributed by atoms with Gasteiger partial charge in [-0.15, -0.1) is 0 Å². The predicted molar refractivity (Wildman–Crippen MR) is 76.9 cm³/mol. The molecule has 1 atom stereocenters. The van der Waals surface area contributed by atoms with Gasteiger partial charge >= 0.3 is 0 Å². The summed E-state index contributed by atoms with van der Waals surface area (Å²) in [5, 5.41) is 11.1. The second-order valence-corrected chi connectivity index (χ2v) is 4.94. The van der Waals surface area contributed by atoms with Gasteiger partial charge in [0.15, 0.2) is 0 Å². The Morgan fingerprint density at radius 1 is 1.00 bits per heavy atom. The molecule has 0 aliphatic heterocycles.